The lowest BCUT2D eigenvalue weighted by Crippen LogP contribution is -2.19. The average Bonchev–Trinajstić information content (AvgIpc) is 2.41. The minimum atomic E-state index is 0.331. The van der Waals surface area contributed by atoms with E-state index in [2.05, 4.69) is 77.6 Å². The van der Waals surface area contributed by atoms with Gasteiger partial charge in [0.15, 0.2) is 0 Å². The standard InChI is InChI=1S/C17H20BrN/c1-12-4-7-14(8-5-12)11-17(19-3)15-10-13(2)6-9-16(15)18/h4-10,17,19H,11H2,1-3H3. The van der Waals surface area contributed by atoms with Gasteiger partial charge in [0.05, 0.1) is 0 Å². The van der Waals surface area contributed by atoms with Crippen molar-refractivity contribution in [2.24, 2.45) is 0 Å². The van der Waals surface area contributed by atoms with Crippen LogP contribution in [0.5, 0.6) is 0 Å². The van der Waals surface area contributed by atoms with Crippen LogP contribution < -0.4 is 5.32 Å². The highest BCUT2D eigenvalue weighted by molar-refractivity contribution is 9.10. The number of hydrogen-bond donors (Lipinski definition) is 1. The molecule has 2 aromatic carbocycles. The Bertz CT molecular complexity index is 546. The third-order valence-corrected chi connectivity index (χ3v) is 4.16. The molecule has 0 radical (unpaired) electrons. The van der Waals surface area contributed by atoms with Crippen LogP contribution in [0.15, 0.2) is 46.9 Å². The van der Waals surface area contributed by atoms with Gasteiger partial charge in [0, 0.05) is 10.5 Å². The predicted molar refractivity (Wildman–Crippen MR) is 85.6 cm³/mol. The number of nitrogens with one attached hydrogen (secondary N) is 1. The summed E-state index contributed by atoms with van der Waals surface area (Å²) < 4.78 is 1.17. The fourth-order valence-electron chi connectivity index (χ4n) is 2.26. The smallest absolute Gasteiger partial charge is 0.0369 e. The Morgan fingerprint density at radius 1 is 1.00 bits per heavy atom. The van der Waals surface area contributed by atoms with E-state index in [-0.39, 0.29) is 0 Å². The fraction of sp³-hybridized carbons (Fsp3) is 0.294. The lowest BCUT2D eigenvalue weighted by Gasteiger charge is -2.19. The molecule has 19 heavy (non-hydrogen) atoms. The Balaban J connectivity index is 2.24. The van der Waals surface area contributed by atoms with Gasteiger partial charge in [0.1, 0.15) is 0 Å². The predicted octanol–water partition coefficient (Wildman–Crippen LogP) is 4.57. The fourth-order valence-corrected chi connectivity index (χ4v) is 2.78. The van der Waals surface area contributed by atoms with Crippen molar-refractivity contribution in [2.75, 3.05) is 7.05 Å². The summed E-state index contributed by atoms with van der Waals surface area (Å²) in [6.07, 6.45) is 0.999. The lowest BCUT2D eigenvalue weighted by molar-refractivity contribution is 0.589. The number of benzene rings is 2. The molecule has 0 bridgehead atoms. The lowest BCUT2D eigenvalue weighted by atomic mass is 9.97. The number of halogens is 1. The van der Waals surface area contributed by atoms with Crippen LogP contribution in [0.2, 0.25) is 0 Å². The van der Waals surface area contributed by atoms with E-state index in [1.807, 2.05) is 7.05 Å². The van der Waals surface area contributed by atoms with Crippen molar-refractivity contribution in [1.82, 2.24) is 5.32 Å². The van der Waals surface area contributed by atoms with Crippen LogP contribution in [-0.4, -0.2) is 7.05 Å². The van der Waals surface area contributed by atoms with Gasteiger partial charge in [-0.3, -0.25) is 0 Å². The zero-order valence-corrected chi connectivity index (χ0v) is 13.3. The third-order valence-electron chi connectivity index (χ3n) is 3.44. The van der Waals surface area contributed by atoms with Gasteiger partial charge in [-0.1, -0.05) is 63.5 Å². The molecule has 0 saturated carbocycles. The molecule has 0 aliphatic heterocycles. The maximum atomic E-state index is 3.66. The highest BCUT2D eigenvalue weighted by Gasteiger charge is 2.13. The summed E-state index contributed by atoms with van der Waals surface area (Å²) in [7, 11) is 2.02. The Kier molecular flexibility index (Phi) is 4.78. The summed E-state index contributed by atoms with van der Waals surface area (Å²) in [5.41, 5.74) is 5.28. The summed E-state index contributed by atoms with van der Waals surface area (Å²) in [5, 5.41) is 3.42. The van der Waals surface area contributed by atoms with Crippen LogP contribution in [0.1, 0.15) is 28.3 Å². The summed E-state index contributed by atoms with van der Waals surface area (Å²) in [6.45, 7) is 4.25. The van der Waals surface area contributed by atoms with Crippen molar-refractivity contribution >= 4 is 15.9 Å². The van der Waals surface area contributed by atoms with Gasteiger partial charge >= 0.3 is 0 Å². The zero-order chi connectivity index (χ0) is 13.8. The van der Waals surface area contributed by atoms with Gasteiger partial charge in [0.2, 0.25) is 0 Å². The minimum Gasteiger partial charge on any atom is -0.313 e. The topological polar surface area (TPSA) is 12.0 Å². The second-order valence-electron chi connectivity index (χ2n) is 5.06. The molecule has 1 atom stereocenters. The maximum Gasteiger partial charge on any atom is 0.0369 e. The van der Waals surface area contributed by atoms with E-state index in [4.69, 9.17) is 0 Å². The quantitative estimate of drug-likeness (QED) is 0.871. The largest absolute Gasteiger partial charge is 0.313 e. The average molecular weight is 318 g/mol. The van der Waals surface area contributed by atoms with Crippen LogP contribution in [0.4, 0.5) is 0 Å². The van der Waals surface area contributed by atoms with Gasteiger partial charge in [-0.05, 0) is 44.5 Å². The second-order valence-corrected chi connectivity index (χ2v) is 5.91. The molecule has 2 heteroatoms. The molecular formula is C17H20BrN. The van der Waals surface area contributed by atoms with E-state index in [0.717, 1.165) is 6.42 Å². The molecule has 100 valence electrons. The van der Waals surface area contributed by atoms with Gasteiger partial charge in [-0.2, -0.15) is 0 Å². The van der Waals surface area contributed by atoms with Crippen LogP contribution in [0, 0.1) is 13.8 Å². The van der Waals surface area contributed by atoms with Crippen molar-refractivity contribution in [3.05, 3.63) is 69.2 Å². The first kappa shape index (κ1) is 14.3. The summed E-state index contributed by atoms with van der Waals surface area (Å²) in [6, 6.07) is 15.6. The monoisotopic (exact) mass is 317 g/mol. The number of hydrogen-bond acceptors (Lipinski definition) is 1. The zero-order valence-electron chi connectivity index (χ0n) is 11.7. The SMILES string of the molecule is CNC(Cc1ccc(C)cc1)c1cc(C)ccc1Br. The first-order valence-corrected chi connectivity index (χ1v) is 7.38. The molecule has 0 saturated heterocycles. The molecule has 1 unspecified atom stereocenters. The van der Waals surface area contributed by atoms with Gasteiger partial charge in [-0.15, -0.1) is 0 Å². The first-order valence-electron chi connectivity index (χ1n) is 6.59. The normalized spacial score (nSPS) is 12.4. The second kappa shape index (κ2) is 6.36. The molecule has 2 aromatic rings. The van der Waals surface area contributed by atoms with Crippen LogP contribution in [0.25, 0.3) is 0 Å². The van der Waals surface area contributed by atoms with Gasteiger partial charge in [0.25, 0.3) is 0 Å². The Morgan fingerprint density at radius 3 is 2.26 bits per heavy atom. The molecule has 0 aromatic heterocycles. The van der Waals surface area contributed by atoms with E-state index in [0.29, 0.717) is 6.04 Å². The number of likely N-dealkylation sites (N-methyl/N-ethyl adjacent to an activating group) is 1. The highest BCUT2D eigenvalue weighted by atomic mass is 79.9. The Hall–Kier alpha value is -1.12. The van der Waals surface area contributed by atoms with Gasteiger partial charge < -0.3 is 5.32 Å². The summed E-state index contributed by atoms with van der Waals surface area (Å²) in [5.74, 6) is 0. The van der Waals surface area contributed by atoms with E-state index in [1.165, 1.54) is 26.7 Å². The van der Waals surface area contributed by atoms with Crippen molar-refractivity contribution in [3.8, 4) is 0 Å². The molecule has 0 heterocycles. The Labute approximate surface area is 124 Å². The molecule has 0 amide bonds. The third kappa shape index (κ3) is 3.68. The van der Waals surface area contributed by atoms with Crippen LogP contribution >= 0.6 is 15.9 Å². The Morgan fingerprint density at radius 2 is 1.63 bits per heavy atom. The minimum absolute atomic E-state index is 0.331. The molecule has 1 nitrogen and oxygen atoms in total. The van der Waals surface area contributed by atoms with Crippen molar-refractivity contribution < 1.29 is 0 Å². The highest BCUT2D eigenvalue weighted by Crippen LogP contribution is 2.27. The molecule has 2 rings (SSSR count). The first-order chi connectivity index (χ1) is 9.10. The molecular weight excluding hydrogens is 298 g/mol. The van der Waals surface area contributed by atoms with Crippen molar-refractivity contribution in [3.63, 3.8) is 0 Å². The van der Waals surface area contributed by atoms with Crippen molar-refractivity contribution in [2.45, 2.75) is 26.3 Å². The maximum absolute atomic E-state index is 3.66. The molecule has 0 aliphatic rings. The van der Waals surface area contributed by atoms with E-state index in [9.17, 15) is 0 Å². The summed E-state index contributed by atoms with van der Waals surface area (Å²) in [4.78, 5) is 0. The summed E-state index contributed by atoms with van der Waals surface area (Å²) >= 11 is 3.66. The van der Waals surface area contributed by atoms with E-state index in [1.54, 1.807) is 0 Å². The molecule has 0 aliphatic carbocycles. The van der Waals surface area contributed by atoms with Crippen molar-refractivity contribution in [1.29, 1.82) is 0 Å². The number of aryl methyl sites for hydroxylation is 2. The van der Waals surface area contributed by atoms with E-state index < -0.39 is 0 Å². The molecule has 1 N–H and O–H groups in total. The van der Waals surface area contributed by atoms with Crippen LogP contribution in [0.3, 0.4) is 0 Å². The molecule has 0 fully saturated rings. The number of rotatable bonds is 4. The molecule has 0 spiro atoms. The van der Waals surface area contributed by atoms with Crippen LogP contribution in [-0.2, 0) is 6.42 Å². The van der Waals surface area contributed by atoms with Gasteiger partial charge in [-0.25, -0.2) is 0 Å². The van der Waals surface area contributed by atoms with E-state index >= 15 is 0 Å².